The van der Waals surface area contributed by atoms with Crippen molar-refractivity contribution >= 4 is 0 Å². The molecule has 128 valence electrons. The second kappa shape index (κ2) is 5.11. The van der Waals surface area contributed by atoms with Gasteiger partial charge in [-0.1, -0.05) is 18.7 Å². The SMILES string of the molecule is C=CCN[C@H]1Cc2ccc(OC)c3c2C2(C)[C@H](O3)C(=C)CC[C@]12O. The Bertz CT molecular complexity index is 728. The number of hydrogen-bond acceptors (Lipinski definition) is 4. The van der Waals surface area contributed by atoms with Crippen molar-refractivity contribution in [2.75, 3.05) is 13.7 Å². The molecule has 0 aromatic heterocycles. The van der Waals surface area contributed by atoms with Crippen LogP contribution >= 0.6 is 0 Å². The van der Waals surface area contributed by atoms with Crippen LogP contribution in [0, 0.1) is 0 Å². The minimum atomic E-state index is -0.882. The van der Waals surface area contributed by atoms with E-state index in [1.165, 1.54) is 5.56 Å². The molecule has 0 amide bonds. The Hall–Kier alpha value is -1.78. The minimum Gasteiger partial charge on any atom is -0.493 e. The molecule has 1 heterocycles. The van der Waals surface area contributed by atoms with Crippen LogP contribution in [0.15, 0.2) is 36.9 Å². The molecule has 0 radical (unpaired) electrons. The third-order valence-corrected chi connectivity index (χ3v) is 6.31. The molecule has 3 aliphatic rings. The maximum absolute atomic E-state index is 11.8. The fourth-order valence-corrected chi connectivity index (χ4v) is 5.06. The molecule has 1 fully saturated rings. The predicted octanol–water partition coefficient (Wildman–Crippen LogP) is 2.50. The molecule has 4 heteroatoms. The maximum Gasteiger partial charge on any atom is 0.166 e. The van der Waals surface area contributed by atoms with Gasteiger partial charge >= 0.3 is 0 Å². The lowest BCUT2D eigenvalue weighted by Crippen LogP contribution is -2.70. The molecule has 4 rings (SSSR count). The molecule has 1 aliphatic heterocycles. The van der Waals surface area contributed by atoms with E-state index in [9.17, 15) is 5.11 Å². The van der Waals surface area contributed by atoms with Gasteiger partial charge in [0.1, 0.15) is 6.10 Å². The molecule has 1 unspecified atom stereocenters. The minimum absolute atomic E-state index is 0.0356. The fraction of sp³-hybridized carbons (Fsp3) is 0.500. The second-order valence-corrected chi connectivity index (χ2v) is 7.37. The molecule has 1 aromatic carbocycles. The fourth-order valence-electron chi connectivity index (χ4n) is 5.06. The van der Waals surface area contributed by atoms with Gasteiger partial charge in [0, 0.05) is 18.2 Å². The van der Waals surface area contributed by atoms with Gasteiger partial charge in [0.15, 0.2) is 11.5 Å². The van der Waals surface area contributed by atoms with Crippen LogP contribution in [0.4, 0.5) is 0 Å². The average molecular weight is 327 g/mol. The van der Waals surface area contributed by atoms with E-state index in [4.69, 9.17) is 9.47 Å². The lowest BCUT2D eigenvalue weighted by molar-refractivity contribution is -0.109. The summed E-state index contributed by atoms with van der Waals surface area (Å²) < 4.78 is 11.8. The van der Waals surface area contributed by atoms with E-state index in [2.05, 4.69) is 31.5 Å². The Kier molecular flexibility index (Phi) is 3.35. The zero-order chi connectivity index (χ0) is 17.1. The van der Waals surface area contributed by atoms with Crippen LogP contribution in [0.5, 0.6) is 11.5 Å². The summed E-state index contributed by atoms with van der Waals surface area (Å²) in [6.45, 7) is 10.8. The largest absolute Gasteiger partial charge is 0.493 e. The first-order valence-electron chi connectivity index (χ1n) is 8.58. The van der Waals surface area contributed by atoms with Crippen molar-refractivity contribution in [1.82, 2.24) is 5.32 Å². The summed E-state index contributed by atoms with van der Waals surface area (Å²) in [6, 6.07) is 4.03. The summed E-state index contributed by atoms with van der Waals surface area (Å²) in [5.74, 6) is 1.52. The molecule has 4 nitrogen and oxygen atoms in total. The summed E-state index contributed by atoms with van der Waals surface area (Å²) in [4.78, 5) is 0. The zero-order valence-corrected chi connectivity index (χ0v) is 14.4. The first-order valence-corrected chi connectivity index (χ1v) is 8.58. The third kappa shape index (κ3) is 1.70. The molecular formula is C20H25NO3. The summed E-state index contributed by atoms with van der Waals surface area (Å²) in [5, 5.41) is 15.3. The topological polar surface area (TPSA) is 50.7 Å². The normalized spacial score (nSPS) is 36.0. The molecule has 2 aliphatic carbocycles. The van der Waals surface area contributed by atoms with Crippen molar-refractivity contribution in [2.24, 2.45) is 0 Å². The van der Waals surface area contributed by atoms with Crippen molar-refractivity contribution in [3.63, 3.8) is 0 Å². The van der Waals surface area contributed by atoms with Gasteiger partial charge in [0.25, 0.3) is 0 Å². The number of methoxy groups -OCH3 is 1. The van der Waals surface area contributed by atoms with Crippen molar-refractivity contribution in [3.8, 4) is 11.5 Å². The Balaban J connectivity index is 1.94. The van der Waals surface area contributed by atoms with Gasteiger partial charge in [-0.15, -0.1) is 6.58 Å². The lowest BCUT2D eigenvalue weighted by atomic mass is 9.52. The van der Waals surface area contributed by atoms with Gasteiger partial charge in [0.2, 0.25) is 0 Å². The Labute approximate surface area is 143 Å². The van der Waals surface area contributed by atoms with E-state index in [0.29, 0.717) is 13.0 Å². The highest BCUT2D eigenvalue weighted by Crippen LogP contribution is 2.62. The number of benzene rings is 1. The average Bonchev–Trinajstić information content (AvgIpc) is 2.91. The van der Waals surface area contributed by atoms with Gasteiger partial charge in [0.05, 0.1) is 18.1 Å². The van der Waals surface area contributed by atoms with E-state index < -0.39 is 11.0 Å². The van der Waals surface area contributed by atoms with Gasteiger partial charge in [-0.2, -0.15) is 0 Å². The van der Waals surface area contributed by atoms with Crippen LogP contribution in [-0.4, -0.2) is 36.5 Å². The van der Waals surface area contributed by atoms with Gasteiger partial charge in [-0.3, -0.25) is 0 Å². The van der Waals surface area contributed by atoms with E-state index in [1.54, 1.807) is 7.11 Å². The lowest BCUT2D eigenvalue weighted by Gasteiger charge is -2.56. The monoisotopic (exact) mass is 327 g/mol. The Morgan fingerprint density at radius 1 is 1.50 bits per heavy atom. The van der Waals surface area contributed by atoms with Gasteiger partial charge in [-0.05, 0) is 43.4 Å². The molecule has 2 N–H and O–H groups in total. The van der Waals surface area contributed by atoms with Crippen LogP contribution in [-0.2, 0) is 11.8 Å². The molecule has 1 aromatic rings. The van der Waals surface area contributed by atoms with Gasteiger partial charge < -0.3 is 19.9 Å². The quantitative estimate of drug-likeness (QED) is 0.834. The van der Waals surface area contributed by atoms with E-state index in [0.717, 1.165) is 35.5 Å². The smallest absolute Gasteiger partial charge is 0.166 e. The number of nitrogens with one attached hydrogen (secondary N) is 1. The van der Waals surface area contributed by atoms with Crippen LogP contribution < -0.4 is 14.8 Å². The van der Waals surface area contributed by atoms with Crippen molar-refractivity contribution in [2.45, 2.75) is 49.3 Å². The van der Waals surface area contributed by atoms with Crippen molar-refractivity contribution in [3.05, 3.63) is 48.1 Å². The Morgan fingerprint density at radius 2 is 2.29 bits per heavy atom. The summed E-state index contributed by atoms with van der Waals surface area (Å²) in [6.07, 6.45) is 3.86. The molecule has 4 atom stereocenters. The zero-order valence-electron chi connectivity index (χ0n) is 14.4. The highest BCUT2D eigenvalue weighted by Gasteiger charge is 2.67. The highest BCUT2D eigenvalue weighted by atomic mass is 16.5. The van der Waals surface area contributed by atoms with Crippen molar-refractivity contribution in [1.29, 1.82) is 0 Å². The molecule has 24 heavy (non-hydrogen) atoms. The maximum atomic E-state index is 11.8. The number of hydrogen-bond donors (Lipinski definition) is 2. The number of ether oxygens (including phenoxy) is 2. The molecule has 1 saturated carbocycles. The molecular weight excluding hydrogens is 302 g/mol. The Morgan fingerprint density at radius 3 is 3.00 bits per heavy atom. The molecule has 0 saturated heterocycles. The van der Waals surface area contributed by atoms with Crippen molar-refractivity contribution < 1.29 is 14.6 Å². The van der Waals surface area contributed by atoms with Crippen LogP contribution in [0.25, 0.3) is 0 Å². The van der Waals surface area contributed by atoms with E-state index in [-0.39, 0.29) is 12.1 Å². The summed E-state index contributed by atoms with van der Waals surface area (Å²) >= 11 is 0. The first kappa shape index (κ1) is 15.7. The van der Waals surface area contributed by atoms with E-state index in [1.807, 2.05) is 12.1 Å². The number of aliphatic hydroxyl groups is 1. The highest BCUT2D eigenvalue weighted by molar-refractivity contribution is 5.63. The van der Waals surface area contributed by atoms with E-state index >= 15 is 0 Å². The predicted molar refractivity (Wildman–Crippen MR) is 93.8 cm³/mol. The van der Waals surface area contributed by atoms with Crippen LogP contribution in [0.3, 0.4) is 0 Å². The third-order valence-electron chi connectivity index (χ3n) is 6.31. The van der Waals surface area contributed by atoms with Crippen LogP contribution in [0.2, 0.25) is 0 Å². The summed E-state index contributed by atoms with van der Waals surface area (Å²) in [7, 11) is 1.66. The second-order valence-electron chi connectivity index (χ2n) is 7.37. The van der Waals surface area contributed by atoms with Crippen LogP contribution in [0.1, 0.15) is 30.9 Å². The first-order chi connectivity index (χ1) is 11.5. The standard InChI is InChI=1S/C20H25NO3/c1-5-10-21-15-11-13-6-7-14(23-4)17-16(13)19(3)18(24-17)12(2)8-9-20(15,19)22/h5-7,15,18,21-22H,1-2,8-11H2,3-4H3/t15-,18+,19?,20-/m0/s1. The van der Waals surface area contributed by atoms with Gasteiger partial charge in [-0.25, -0.2) is 0 Å². The molecule has 0 bridgehead atoms. The summed E-state index contributed by atoms with van der Waals surface area (Å²) in [5.41, 5.74) is 1.98. The number of rotatable bonds is 4. The molecule has 0 spiro atoms.